The summed E-state index contributed by atoms with van der Waals surface area (Å²) in [6.45, 7) is 18.7. The highest BCUT2D eigenvalue weighted by Crippen LogP contribution is 2.38. The lowest BCUT2D eigenvalue weighted by Gasteiger charge is -2.48. The van der Waals surface area contributed by atoms with Crippen molar-refractivity contribution in [1.82, 2.24) is 16.0 Å². The van der Waals surface area contributed by atoms with Crippen LogP contribution in [-0.4, -0.2) is 189 Å². The summed E-state index contributed by atoms with van der Waals surface area (Å²) in [5.74, 6) is -2.30. The van der Waals surface area contributed by atoms with Crippen molar-refractivity contribution in [1.29, 1.82) is 0 Å². The Kier molecular flexibility index (Phi) is 17.9. The van der Waals surface area contributed by atoms with Crippen LogP contribution >= 0.6 is 0 Å². The molecule has 4 aliphatic rings. The zero-order valence-electron chi connectivity index (χ0n) is 38.3. The summed E-state index contributed by atoms with van der Waals surface area (Å²) in [4.78, 5) is 37.7. The number of aliphatic hydroxyl groups is 7. The van der Waals surface area contributed by atoms with Gasteiger partial charge in [0.1, 0.15) is 71.7 Å². The molecule has 4 rings (SSSR count). The molecular weight excluding hydrogens is 838 g/mol. The van der Waals surface area contributed by atoms with E-state index >= 15 is 0 Å². The molecule has 1 saturated carbocycles. The van der Waals surface area contributed by atoms with E-state index in [9.17, 15) is 50.1 Å². The summed E-state index contributed by atoms with van der Waals surface area (Å²) in [7, 11) is 0. The predicted octanol–water partition coefficient (Wildman–Crippen LogP) is -0.271. The first kappa shape index (κ1) is 52.9. The Morgan fingerprint density at radius 3 is 1.35 bits per heavy atom. The minimum atomic E-state index is -1.69. The molecule has 3 saturated heterocycles. The first-order chi connectivity index (χ1) is 29.0. The lowest BCUT2D eigenvalue weighted by Crippen LogP contribution is -2.64. The summed E-state index contributed by atoms with van der Waals surface area (Å²) < 4.78 is 52.9. The second kappa shape index (κ2) is 21.3. The molecule has 0 aromatic heterocycles. The Labute approximate surface area is 368 Å². The highest BCUT2D eigenvalue weighted by Gasteiger charge is 2.55. The smallest absolute Gasteiger partial charge is 0.407 e. The zero-order valence-corrected chi connectivity index (χ0v) is 38.3. The molecule has 0 bridgehead atoms. The second-order valence-electron chi connectivity index (χ2n) is 20.0. The molecule has 4 fully saturated rings. The van der Waals surface area contributed by atoms with Gasteiger partial charge in [-0.3, -0.25) is 0 Å². The fourth-order valence-electron chi connectivity index (χ4n) is 7.77. The van der Waals surface area contributed by atoms with Gasteiger partial charge in [-0.05, 0) is 74.7 Å². The molecule has 3 heterocycles. The Bertz CT molecular complexity index is 1510. The quantitative estimate of drug-likeness (QED) is 0.113. The van der Waals surface area contributed by atoms with E-state index in [4.69, 9.17) is 42.6 Å². The fraction of sp³-hybridized carbons (Fsp3) is 0.927. The summed E-state index contributed by atoms with van der Waals surface area (Å²) in [5.41, 5.74) is -2.48. The van der Waals surface area contributed by atoms with Gasteiger partial charge in [-0.15, -0.1) is 0 Å². The normalized spacial score (nSPS) is 40.1. The van der Waals surface area contributed by atoms with E-state index in [1.54, 1.807) is 76.2 Å². The highest BCUT2D eigenvalue weighted by molar-refractivity contribution is 5.68. The van der Waals surface area contributed by atoms with Crippen molar-refractivity contribution in [2.75, 3.05) is 19.7 Å². The fourth-order valence-corrected chi connectivity index (χ4v) is 7.77. The maximum absolute atomic E-state index is 12.9. The molecule has 10 N–H and O–H groups in total. The molecule has 3 amide bonds. The van der Waals surface area contributed by atoms with E-state index in [0.29, 0.717) is 0 Å². The van der Waals surface area contributed by atoms with Crippen molar-refractivity contribution < 1.29 is 92.8 Å². The largest absolute Gasteiger partial charge is 0.444 e. The van der Waals surface area contributed by atoms with E-state index in [1.165, 1.54) is 6.92 Å². The summed E-state index contributed by atoms with van der Waals surface area (Å²) >= 11 is 0. The first-order valence-electron chi connectivity index (χ1n) is 21.6. The summed E-state index contributed by atoms with van der Waals surface area (Å²) in [5, 5.41) is 85.4. The average Bonchev–Trinajstić information content (AvgIpc) is 3.44. The number of hydrogen-bond acceptors (Lipinski definition) is 19. The lowest BCUT2D eigenvalue weighted by atomic mass is 9.80. The molecule has 19 atom stereocenters. The van der Waals surface area contributed by atoms with Gasteiger partial charge in [-0.1, -0.05) is 20.8 Å². The van der Waals surface area contributed by atoms with Crippen LogP contribution < -0.4 is 16.0 Å². The molecule has 22 nitrogen and oxygen atoms in total. The zero-order chi connectivity index (χ0) is 47.5. The van der Waals surface area contributed by atoms with E-state index in [0.717, 1.165) is 0 Å². The number of nitrogens with one attached hydrogen (secondary N) is 3. The van der Waals surface area contributed by atoms with Crippen LogP contribution in [0.5, 0.6) is 0 Å². The van der Waals surface area contributed by atoms with Gasteiger partial charge in [0.25, 0.3) is 0 Å². The van der Waals surface area contributed by atoms with Gasteiger partial charge >= 0.3 is 18.3 Å². The summed E-state index contributed by atoms with van der Waals surface area (Å²) in [6, 6.07) is -0.988. The van der Waals surface area contributed by atoms with Gasteiger partial charge in [0.15, 0.2) is 18.9 Å². The topological polar surface area (TPSA) is 312 Å². The number of amides is 3. The first-order valence-corrected chi connectivity index (χ1v) is 21.6. The Morgan fingerprint density at radius 1 is 0.524 bits per heavy atom. The lowest BCUT2D eigenvalue weighted by molar-refractivity contribution is -0.322. The molecule has 0 aromatic rings. The van der Waals surface area contributed by atoms with Gasteiger partial charge in [0, 0.05) is 24.9 Å². The molecule has 0 aromatic carbocycles. The highest BCUT2D eigenvalue weighted by atomic mass is 16.8. The Hall–Kier alpha value is -2.71. The van der Waals surface area contributed by atoms with Crippen molar-refractivity contribution in [2.45, 2.75) is 204 Å². The molecule has 0 spiro atoms. The van der Waals surface area contributed by atoms with Gasteiger partial charge in [0.2, 0.25) is 0 Å². The predicted molar refractivity (Wildman–Crippen MR) is 217 cm³/mol. The number of ether oxygens (including phenoxy) is 9. The Morgan fingerprint density at radius 2 is 0.921 bits per heavy atom. The number of hydrogen-bond donors (Lipinski definition) is 10. The SMILES string of the molecule is CC1[C@@H](O[C@@H]2C(C)C[C@@H](NC(=O)OC(C)(C)C)C(O)[C@H]2O[C@@H]2O[C@H](CO)C(OC3O[C@@H](CNC(=O)OC(C)(C)C)C(O)[C@@H](O)[C@H]3C)[C@@H]2O)OC(CNC(=O)OC(C)(C)C)[C@@H](O)[C@@H]1O. The maximum atomic E-state index is 12.9. The van der Waals surface area contributed by atoms with E-state index < -0.39 is 158 Å². The molecule has 366 valence electrons. The number of rotatable bonds is 12. The second-order valence-corrected chi connectivity index (χ2v) is 20.0. The van der Waals surface area contributed by atoms with Gasteiger partial charge in [-0.2, -0.15) is 0 Å². The molecule has 0 radical (unpaired) electrons. The van der Waals surface area contributed by atoms with Crippen molar-refractivity contribution in [2.24, 2.45) is 17.8 Å². The van der Waals surface area contributed by atoms with Gasteiger partial charge in [-0.25, -0.2) is 14.4 Å². The molecular formula is C41H73N3O19. The van der Waals surface area contributed by atoms with Crippen LogP contribution in [0.1, 0.15) is 89.5 Å². The third kappa shape index (κ3) is 14.4. The van der Waals surface area contributed by atoms with Crippen LogP contribution in [0.3, 0.4) is 0 Å². The van der Waals surface area contributed by atoms with Crippen LogP contribution in [0.15, 0.2) is 0 Å². The van der Waals surface area contributed by atoms with Gasteiger partial charge in [0.05, 0.1) is 31.0 Å². The molecule has 7 unspecified atom stereocenters. The van der Waals surface area contributed by atoms with Crippen LogP contribution in [0.4, 0.5) is 14.4 Å². The average molecular weight is 912 g/mol. The molecule has 3 aliphatic heterocycles. The standard InChI is InChI=1S/C41H73N3O19/c1-17-13-20(44-38(54)63-41(10,11)12)26(48)32(30(17)58-33-18(2)24(46)27(49)21(55-33)14-42-36(52)61-39(4,5)6)60-35-29(51)31(23(16-45)57-35)59-34-19(3)25(47)28(50)22(56-34)15-43-37(53)62-40(7,8)9/h17-35,45-51H,13-16H2,1-12H3,(H,42,52)(H,43,53)(H,44,54)/t17?,18?,19-,20-,21?,22+,23-,24-,25+,26?,27-,28?,29+,30-,31?,32-,33-,34?,35+/m1/s1. The van der Waals surface area contributed by atoms with Crippen LogP contribution in [0.25, 0.3) is 0 Å². The number of carbonyl (C=O) groups is 3. The summed E-state index contributed by atoms with van der Waals surface area (Å²) in [6.07, 6.45) is -22.9. The third-order valence-corrected chi connectivity index (χ3v) is 11.0. The van der Waals surface area contributed by atoms with Crippen LogP contribution in [0.2, 0.25) is 0 Å². The van der Waals surface area contributed by atoms with E-state index in [2.05, 4.69) is 16.0 Å². The molecule has 1 aliphatic carbocycles. The minimum Gasteiger partial charge on any atom is -0.444 e. The van der Waals surface area contributed by atoms with Crippen molar-refractivity contribution in [3.8, 4) is 0 Å². The van der Waals surface area contributed by atoms with E-state index in [1.807, 2.05) is 0 Å². The van der Waals surface area contributed by atoms with E-state index in [-0.39, 0.29) is 19.5 Å². The molecule has 63 heavy (non-hydrogen) atoms. The maximum Gasteiger partial charge on any atom is 0.407 e. The Balaban J connectivity index is 1.56. The number of alkyl carbamates (subject to hydrolysis) is 3. The van der Waals surface area contributed by atoms with Gasteiger partial charge < -0.3 is 94.3 Å². The van der Waals surface area contributed by atoms with Crippen LogP contribution in [-0.2, 0) is 42.6 Å². The number of carbonyl (C=O) groups excluding carboxylic acids is 3. The van der Waals surface area contributed by atoms with Crippen molar-refractivity contribution in [3.05, 3.63) is 0 Å². The van der Waals surface area contributed by atoms with Crippen LogP contribution in [0, 0.1) is 17.8 Å². The van der Waals surface area contributed by atoms with Crippen molar-refractivity contribution >= 4 is 18.3 Å². The minimum absolute atomic E-state index is 0.120. The van der Waals surface area contributed by atoms with Crippen molar-refractivity contribution in [3.63, 3.8) is 0 Å². The molecule has 22 heteroatoms. The monoisotopic (exact) mass is 911 g/mol. The third-order valence-electron chi connectivity index (χ3n) is 11.0. The number of aliphatic hydroxyl groups excluding tert-OH is 7.